The molecule has 12 heteroatoms. The van der Waals surface area contributed by atoms with Crippen molar-refractivity contribution in [1.82, 2.24) is 0 Å². The van der Waals surface area contributed by atoms with Crippen molar-refractivity contribution in [3.63, 3.8) is 0 Å². The van der Waals surface area contributed by atoms with Gasteiger partial charge < -0.3 is 9.47 Å². The lowest BCUT2D eigenvalue weighted by molar-refractivity contribution is -0.276. The first-order chi connectivity index (χ1) is 18.2. The minimum absolute atomic E-state index is 0.230. The molecule has 204 valence electrons. The molecule has 0 N–H and O–H groups in total. The van der Waals surface area contributed by atoms with Gasteiger partial charge in [0.05, 0.1) is 7.14 Å². The van der Waals surface area contributed by atoms with Crippen molar-refractivity contribution in [1.29, 1.82) is 0 Å². The Morgan fingerprint density at radius 3 is 1.10 bits per heavy atom. The van der Waals surface area contributed by atoms with Crippen LogP contribution in [0.3, 0.4) is 0 Å². The van der Waals surface area contributed by atoms with Gasteiger partial charge in [-0.1, -0.05) is 48.5 Å². The fourth-order valence-corrected chi connectivity index (χ4v) is 6.43. The second-order valence-corrected chi connectivity index (χ2v) is 12.5. The molecule has 0 saturated carbocycles. The fraction of sp³-hybridized carbons (Fsp3) is 0.111. The van der Waals surface area contributed by atoms with Crippen LogP contribution in [-0.2, 0) is 6.42 Å². The normalized spacial score (nSPS) is 11.9. The molecule has 0 aromatic heterocycles. The molecule has 0 heterocycles. The van der Waals surface area contributed by atoms with Crippen LogP contribution in [-0.4, -0.2) is 12.7 Å². The highest BCUT2D eigenvalue weighted by molar-refractivity contribution is 14.1. The van der Waals surface area contributed by atoms with Gasteiger partial charge in [-0.05, 0) is 154 Å². The van der Waals surface area contributed by atoms with Crippen LogP contribution >= 0.6 is 90.4 Å². The molecular weight excluding hydrogens is 978 g/mol. The third-order valence-electron chi connectivity index (χ3n) is 5.48. The zero-order valence-corrected chi connectivity index (χ0v) is 27.9. The fourth-order valence-electron chi connectivity index (χ4n) is 3.76. The summed E-state index contributed by atoms with van der Waals surface area (Å²) in [6, 6.07) is 21.5. The van der Waals surface area contributed by atoms with Crippen LogP contribution in [0, 0.1) is 14.3 Å². The molecule has 4 aromatic rings. The van der Waals surface area contributed by atoms with Crippen LogP contribution in [0.2, 0.25) is 0 Å². The van der Waals surface area contributed by atoms with Gasteiger partial charge in [-0.2, -0.15) is 0 Å². The molecule has 0 amide bonds. The highest BCUT2D eigenvalue weighted by Gasteiger charge is 2.33. The smallest absolute Gasteiger partial charge is 0.405 e. The lowest BCUT2D eigenvalue weighted by Gasteiger charge is -2.14. The van der Waals surface area contributed by atoms with E-state index in [9.17, 15) is 26.3 Å². The van der Waals surface area contributed by atoms with Crippen molar-refractivity contribution >= 4 is 90.4 Å². The minimum Gasteiger partial charge on any atom is -0.405 e. The Hall–Kier alpha value is -1.02. The average molecular weight is 992 g/mol. The molecule has 0 spiro atoms. The van der Waals surface area contributed by atoms with Crippen molar-refractivity contribution in [2.24, 2.45) is 0 Å². The molecule has 0 fully saturated rings. The van der Waals surface area contributed by atoms with Gasteiger partial charge in [0.15, 0.2) is 0 Å². The summed E-state index contributed by atoms with van der Waals surface area (Å²) in [6.07, 6.45) is -8.85. The highest BCUT2D eigenvalue weighted by Crippen LogP contribution is 2.38. The Morgan fingerprint density at radius 1 is 0.462 bits per heavy atom. The molecular formula is C27H14F6I4O2. The third-order valence-corrected chi connectivity index (χ3v) is 11.9. The van der Waals surface area contributed by atoms with E-state index >= 15 is 0 Å². The van der Waals surface area contributed by atoms with Gasteiger partial charge in [-0.15, -0.1) is 26.3 Å². The first-order valence-electron chi connectivity index (χ1n) is 10.9. The lowest BCUT2D eigenvalue weighted by Crippen LogP contribution is -2.18. The Balaban J connectivity index is 1.48. The number of benzene rings is 4. The van der Waals surface area contributed by atoms with Crippen LogP contribution in [0.15, 0.2) is 72.8 Å². The van der Waals surface area contributed by atoms with Crippen molar-refractivity contribution in [3.05, 3.63) is 98.2 Å². The largest absolute Gasteiger partial charge is 0.573 e. The summed E-state index contributed by atoms with van der Waals surface area (Å²) in [6.45, 7) is 0. The molecule has 0 radical (unpaired) electrons. The number of ether oxygens (including phenoxy) is 2. The van der Waals surface area contributed by atoms with Gasteiger partial charge >= 0.3 is 12.7 Å². The quantitative estimate of drug-likeness (QED) is 0.142. The van der Waals surface area contributed by atoms with Crippen molar-refractivity contribution < 1.29 is 35.8 Å². The summed E-state index contributed by atoms with van der Waals surface area (Å²) in [5.41, 5.74) is 5.45. The average Bonchev–Trinajstić information content (AvgIpc) is 2.85. The molecule has 39 heavy (non-hydrogen) atoms. The van der Waals surface area contributed by atoms with Crippen LogP contribution in [0.25, 0.3) is 22.3 Å². The predicted octanol–water partition coefficient (Wildman–Crippen LogP) is 10.8. The van der Waals surface area contributed by atoms with E-state index in [1.165, 1.54) is 12.1 Å². The van der Waals surface area contributed by atoms with E-state index in [0.29, 0.717) is 20.7 Å². The Labute approximate surface area is 274 Å². The summed E-state index contributed by atoms with van der Waals surface area (Å²) >= 11 is 7.74. The topological polar surface area (TPSA) is 18.5 Å². The number of hydrogen-bond donors (Lipinski definition) is 0. The van der Waals surface area contributed by atoms with Crippen LogP contribution < -0.4 is 9.47 Å². The molecule has 0 aliphatic rings. The summed E-state index contributed by atoms with van der Waals surface area (Å²) < 4.78 is 86.1. The molecule has 0 aliphatic carbocycles. The number of hydrogen-bond acceptors (Lipinski definition) is 2. The maximum absolute atomic E-state index is 12.6. The molecule has 2 nitrogen and oxygen atoms in total. The Bertz CT molecular complexity index is 1370. The lowest BCUT2D eigenvalue weighted by atomic mass is 9.98. The third kappa shape index (κ3) is 8.05. The number of halogens is 10. The number of alkyl halides is 6. The monoisotopic (exact) mass is 992 g/mol. The van der Waals surface area contributed by atoms with Gasteiger partial charge in [-0.3, -0.25) is 0 Å². The van der Waals surface area contributed by atoms with E-state index in [-0.39, 0.29) is 11.5 Å². The predicted molar refractivity (Wildman–Crippen MR) is 171 cm³/mol. The van der Waals surface area contributed by atoms with E-state index in [0.717, 1.165) is 33.4 Å². The highest BCUT2D eigenvalue weighted by atomic mass is 127. The number of rotatable bonds is 6. The molecule has 0 unspecified atom stereocenters. The standard InChI is InChI=1S/C27H14F6I4O2/c28-26(29,30)38-20-11-9-18(22(34)24(20)36)16-5-1-14(2-6-16)13-15-3-7-17(8-4-15)19-10-12-21(25(37)23(19)35)39-27(31,32)33/h1-12H,13H2. The Kier molecular flexibility index (Phi) is 9.88. The van der Waals surface area contributed by atoms with Crippen molar-refractivity contribution in [2.45, 2.75) is 19.1 Å². The summed E-state index contributed by atoms with van der Waals surface area (Å²) in [4.78, 5) is 0. The molecule has 0 atom stereocenters. The van der Waals surface area contributed by atoms with Crippen LogP contribution in [0.1, 0.15) is 11.1 Å². The maximum Gasteiger partial charge on any atom is 0.573 e. The molecule has 0 bridgehead atoms. The molecule has 4 aromatic carbocycles. The van der Waals surface area contributed by atoms with Gasteiger partial charge in [0, 0.05) is 7.14 Å². The maximum atomic E-state index is 12.6. The molecule has 4 rings (SSSR count). The van der Waals surface area contributed by atoms with Gasteiger partial charge in [0.25, 0.3) is 0 Å². The van der Waals surface area contributed by atoms with Crippen molar-refractivity contribution in [2.75, 3.05) is 0 Å². The zero-order chi connectivity index (χ0) is 28.5. The van der Waals surface area contributed by atoms with Gasteiger partial charge in [-0.25, -0.2) is 0 Å². The van der Waals surface area contributed by atoms with E-state index in [4.69, 9.17) is 0 Å². The van der Waals surface area contributed by atoms with Crippen LogP contribution in [0.5, 0.6) is 11.5 Å². The van der Waals surface area contributed by atoms with Crippen molar-refractivity contribution in [3.8, 4) is 33.8 Å². The Morgan fingerprint density at radius 2 is 0.795 bits per heavy atom. The van der Waals surface area contributed by atoms with Crippen LogP contribution in [0.4, 0.5) is 26.3 Å². The van der Waals surface area contributed by atoms with E-state index < -0.39 is 12.7 Å². The second-order valence-electron chi connectivity index (χ2n) is 8.14. The molecule has 0 aliphatic heterocycles. The molecule has 0 saturated heterocycles. The summed E-state index contributed by atoms with van der Waals surface area (Å²) in [7, 11) is 0. The van der Waals surface area contributed by atoms with Gasteiger partial charge in [0.1, 0.15) is 11.5 Å². The first kappa shape index (κ1) is 30.9. The summed E-state index contributed by atoms with van der Waals surface area (Å²) in [5.74, 6) is -0.461. The van der Waals surface area contributed by atoms with Gasteiger partial charge in [0.2, 0.25) is 0 Å². The SMILES string of the molecule is FC(F)(F)Oc1ccc(-c2ccc(Cc3ccc(-c4ccc(OC(F)(F)F)c(I)c4I)cc3)cc2)c(I)c1I. The first-order valence-corrected chi connectivity index (χ1v) is 15.2. The minimum atomic E-state index is -4.75. The summed E-state index contributed by atoms with van der Waals surface area (Å²) in [5, 5.41) is 0. The van der Waals surface area contributed by atoms with E-state index in [1.54, 1.807) is 12.1 Å². The second kappa shape index (κ2) is 12.5. The van der Waals surface area contributed by atoms with E-state index in [1.807, 2.05) is 139 Å². The zero-order valence-electron chi connectivity index (χ0n) is 19.2. The van der Waals surface area contributed by atoms with E-state index in [2.05, 4.69) is 9.47 Å².